The molecule has 1 aromatic heterocycles. The predicted molar refractivity (Wildman–Crippen MR) is 164 cm³/mol. The first-order valence-electron chi connectivity index (χ1n) is 14.8. The fourth-order valence-corrected chi connectivity index (χ4v) is 7.10. The van der Waals surface area contributed by atoms with Gasteiger partial charge in [0.05, 0.1) is 5.56 Å². The lowest BCUT2D eigenvalue weighted by molar-refractivity contribution is -0.150. The van der Waals surface area contributed by atoms with Crippen LogP contribution in [-0.2, 0) is 20.9 Å². The molecule has 0 bridgehead atoms. The number of hydrogen-bond acceptors (Lipinski definition) is 5. The molecule has 0 radical (unpaired) electrons. The third-order valence-corrected chi connectivity index (χ3v) is 9.86. The fraction of sp³-hybridized carbons (Fsp3) is 0.485. The Morgan fingerprint density at radius 2 is 1.80 bits per heavy atom. The van der Waals surface area contributed by atoms with Crippen LogP contribution in [0.15, 0.2) is 53.9 Å². The number of likely N-dealkylation sites (tertiary alicyclic amines) is 1. The standard InChI is InChI=1S/C33H39ClN2O4S/c1-33(17-19-36(33)31(38)28-23-41-30-12-3-2-10-27(28)30)32(39)35(22-24-13-15-26(34)16-14-24)18-6-11-29(37)25-8-4-5-20-40-21-7-9-25/h2-3,10,12-16,23,25H,4-9,11,17-22H2,1H3. The van der Waals surface area contributed by atoms with Gasteiger partial charge < -0.3 is 14.5 Å². The maximum Gasteiger partial charge on any atom is 0.256 e. The van der Waals surface area contributed by atoms with E-state index in [1.54, 1.807) is 16.2 Å². The van der Waals surface area contributed by atoms with Crippen molar-refractivity contribution in [3.8, 4) is 0 Å². The molecule has 218 valence electrons. The number of carbonyl (C=O) groups excluding carboxylic acids is 3. The molecule has 2 amide bonds. The summed E-state index contributed by atoms with van der Waals surface area (Å²) in [6, 6.07) is 15.4. The molecular weight excluding hydrogens is 556 g/mol. The highest BCUT2D eigenvalue weighted by Crippen LogP contribution is 2.37. The van der Waals surface area contributed by atoms with Gasteiger partial charge in [0, 0.05) is 65.7 Å². The van der Waals surface area contributed by atoms with Crippen LogP contribution in [0.1, 0.15) is 74.2 Å². The second-order valence-corrected chi connectivity index (χ2v) is 12.8. The summed E-state index contributed by atoms with van der Waals surface area (Å²) < 4.78 is 6.67. The van der Waals surface area contributed by atoms with Crippen molar-refractivity contribution in [3.05, 3.63) is 70.1 Å². The number of ketones is 1. The fourth-order valence-electron chi connectivity index (χ4n) is 6.04. The molecule has 2 fully saturated rings. The number of amides is 2. The monoisotopic (exact) mass is 594 g/mol. The molecule has 8 heteroatoms. The molecule has 0 aliphatic carbocycles. The van der Waals surface area contributed by atoms with E-state index >= 15 is 0 Å². The van der Waals surface area contributed by atoms with Crippen molar-refractivity contribution in [2.45, 2.75) is 70.4 Å². The van der Waals surface area contributed by atoms with E-state index < -0.39 is 5.54 Å². The molecule has 41 heavy (non-hydrogen) atoms. The lowest BCUT2D eigenvalue weighted by Gasteiger charge is -2.51. The second kappa shape index (κ2) is 13.5. The third kappa shape index (κ3) is 6.85. The van der Waals surface area contributed by atoms with Crippen molar-refractivity contribution >= 4 is 50.6 Å². The topological polar surface area (TPSA) is 66.9 Å². The summed E-state index contributed by atoms with van der Waals surface area (Å²) in [5.41, 5.74) is 0.698. The van der Waals surface area contributed by atoms with Crippen LogP contribution in [0.25, 0.3) is 10.1 Å². The molecular formula is C33H39ClN2O4S. The average molecular weight is 595 g/mol. The van der Waals surface area contributed by atoms with Gasteiger partial charge in [-0.1, -0.05) is 48.4 Å². The minimum atomic E-state index is -0.922. The van der Waals surface area contributed by atoms with Gasteiger partial charge in [0.1, 0.15) is 11.3 Å². The van der Waals surface area contributed by atoms with Crippen molar-refractivity contribution < 1.29 is 19.1 Å². The van der Waals surface area contributed by atoms with Gasteiger partial charge in [-0.25, -0.2) is 0 Å². The van der Waals surface area contributed by atoms with Gasteiger partial charge in [-0.15, -0.1) is 11.3 Å². The third-order valence-electron chi connectivity index (χ3n) is 8.65. The van der Waals surface area contributed by atoms with Gasteiger partial charge in [-0.2, -0.15) is 0 Å². The SMILES string of the molecule is CC1(C(=O)N(CCCC(=O)C2CCCCOCCC2)Cc2ccc(Cl)cc2)CCN1C(=O)c1csc2ccccc12. The van der Waals surface area contributed by atoms with Crippen LogP contribution in [-0.4, -0.2) is 59.2 Å². The minimum absolute atomic E-state index is 0.0707. The molecule has 0 spiro atoms. The summed E-state index contributed by atoms with van der Waals surface area (Å²) in [7, 11) is 0. The van der Waals surface area contributed by atoms with Crippen molar-refractivity contribution in [2.24, 2.45) is 5.92 Å². The van der Waals surface area contributed by atoms with Crippen LogP contribution in [0, 0.1) is 5.92 Å². The summed E-state index contributed by atoms with van der Waals surface area (Å²) in [6.45, 7) is 4.80. The van der Waals surface area contributed by atoms with Gasteiger partial charge >= 0.3 is 0 Å². The van der Waals surface area contributed by atoms with Crippen molar-refractivity contribution in [1.29, 1.82) is 0 Å². The molecule has 3 aromatic rings. The van der Waals surface area contributed by atoms with E-state index in [4.69, 9.17) is 16.3 Å². The Kier molecular flexibility index (Phi) is 9.79. The zero-order valence-corrected chi connectivity index (χ0v) is 25.4. The molecule has 2 atom stereocenters. The van der Waals surface area contributed by atoms with Crippen LogP contribution in [0.4, 0.5) is 0 Å². The Hall–Kier alpha value is -2.74. The van der Waals surface area contributed by atoms with E-state index in [9.17, 15) is 14.4 Å². The number of rotatable bonds is 9. The smallest absolute Gasteiger partial charge is 0.256 e. The Bertz CT molecular complexity index is 1360. The second-order valence-electron chi connectivity index (χ2n) is 11.5. The molecule has 5 rings (SSSR count). The molecule has 2 aliphatic rings. The highest BCUT2D eigenvalue weighted by Gasteiger charge is 2.51. The number of benzene rings is 2. The van der Waals surface area contributed by atoms with Crippen molar-refractivity contribution in [3.63, 3.8) is 0 Å². The normalized spacial score (nSPS) is 21.4. The van der Waals surface area contributed by atoms with E-state index in [-0.39, 0.29) is 17.7 Å². The minimum Gasteiger partial charge on any atom is -0.381 e. The Morgan fingerprint density at radius 3 is 2.59 bits per heavy atom. The number of halogens is 1. The zero-order chi connectivity index (χ0) is 28.8. The van der Waals surface area contributed by atoms with Crippen LogP contribution in [0.2, 0.25) is 5.02 Å². The molecule has 2 unspecified atom stereocenters. The maximum atomic E-state index is 14.2. The summed E-state index contributed by atoms with van der Waals surface area (Å²) >= 11 is 7.66. The Balaban J connectivity index is 1.29. The van der Waals surface area contributed by atoms with Gasteiger partial charge in [0.2, 0.25) is 5.91 Å². The van der Waals surface area contributed by atoms with Crippen molar-refractivity contribution in [2.75, 3.05) is 26.3 Å². The number of ether oxygens (including phenoxy) is 1. The lowest BCUT2D eigenvalue weighted by atomic mass is 9.84. The summed E-state index contributed by atoms with van der Waals surface area (Å²) in [5, 5.41) is 3.47. The van der Waals surface area contributed by atoms with Crippen LogP contribution >= 0.6 is 22.9 Å². The molecule has 6 nitrogen and oxygen atoms in total. The molecule has 0 saturated carbocycles. The predicted octanol–water partition coefficient (Wildman–Crippen LogP) is 7.13. The van der Waals surface area contributed by atoms with Crippen molar-refractivity contribution in [1.82, 2.24) is 9.80 Å². The molecule has 0 N–H and O–H groups in total. The largest absolute Gasteiger partial charge is 0.381 e. The highest BCUT2D eigenvalue weighted by atomic mass is 35.5. The zero-order valence-electron chi connectivity index (χ0n) is 23.8. The van der Waals surface area contributed by atoms with Crippen LogP contribution in [0.3, 0.4) is 0 Å². The van der Waals surface area contributed by atoms with Gasteiger partial charge in [-0.05, 0) is 69.2 Å². The van der Waals surface area contributed by atoms with E-state index in [1.165, 1.54) is 0 Å². The Morgan fingerprint density at radius 1 is 1.05 bits per heavy atom. The lowest BCUT2D eigenvalue weighted by Crippen LogP contribution is -2.67. The van der Waals surface area contributed by atoms with Gasteiger partial charge in [-0.3, -0.25) is 14.4 Å². The van der Waals surface area contributed by atoms with E-state index in [0.29, 0.717) is 55.3 Å². The number of fused-ring (bicyclic) bond motifs is 1. The molecule has 2 aliphatic heterocycles. The molecule has 2 saturated heterocycles. The summed E-state index contributed by atoms with van der Waals surface area (Å²) in [6.07, 6.45) is 6.39. The number of nitrogens with zero attached hydrogens (tertiary/aromatic N) is 2. The van der Waals surface area contributed by atoms with Crippen LogP contribution < -0.4 is 0 Å². The van der Waals surface area contributed by atoms with Gasteiger partial charge in [0.15, 0.2) is 0 Å². The molecule has 2 aromatic carbocycles. The summed E-state index contributed by atoms with van der Waals surface area (Å²) in [5.74, 6) is 0.200. The average Bonchev–Trinajstić information content (AvgIpc) is 3.45. The maximum absolute atomic E-state index is 14.2. The number of thiophene rings is 1. The number of Topliss-reactive ketones (excluding diaryl/α,β-unsaturated/α-hetero) is 1. The number of hydrogen-bond donors (Lipinski definition) is 0. The van der Waals surface area contributed by atoms with E-state index in [2.05, 4.69) is 0 Å². The summed E-state index contributed by atoms with van der Waals surface area (Å²) in [4.78, 5) is 44.6. The first-order chi connectivity index (χ1) is 19.9. The van der Waals surface area contributed by atoms with E-state index in [1.807, 2.05) is 65.7 Å². The highest BCUT2D eigenvalue weighted by molar-refractivity contribution is 7.17. The number of carbonyl (C=O) groups is 3. The quantitative estimate of drug-likeness (QED) is 0.264. The van der Waals surface area contributed by atoms with E-state index in [0.717, 1.165) is 61.0 Å². The Labute approximate surface area is 251 Å². The van der Waals surface area contributed by atoms with Gasteiger partial charge in [0.25, 0.3) is 5.91 Å². The van der Waals surface area contributed by atoms with Crippen LogP contribution in [0.5, 0.6) is 0 Å². The first-order valence-corrected chi connectivity index (χ1v) is 16.0. The molecule has 3 heterocycles. The first kappa shape index (κ1) is 29.7.